The summed E-state index contributed by atoms with van der Waals surface area (Å²) in [6.45, 7) is 0. The smallest absolute Gasteiger partial charge is 0.199 e. The van der Waals surface area contributed by atoms with Crippen molar-refractivity contribution in [3.05, 3.63) is 17.5 Å². The topological polar surface area (TPSA) is 43.6 Å². The van der Waals surface area contributed by atoms with Crippen LogP contribution in [-0.2, 0) is 7.05 Å². The van der Waals surface area contributed by atoms with Crippen molar-refractivity contribution in [2.45, 2.75) is 0 Å². The highest BCUT2D eigenvalue weighted by Gasteiger charge is 2.00. The second-order valence-electron chi connectivity index (χ2n) is 2.23. The Labute approximate surface area is 67.8 Å². The van der Waals surface area contributed by atoms with Crippen LogP contribution >= 0.6 is 11.6 Å². The van der Waals surface area contributed by atoms with Gasteiger partial charge in [-0.15, -0.1) is 10.2 Å². The van der Waals surface area contributed by atoms with E-state index in [0.29, 0.717) is 10.8 Å². The largest absolute Gasteiger partial charge is 0.332 e. The molecule has 0 spiro atoms. The molecule has 0 amide bonds. The molecule has 0 aromatic carbocycles. The van der Waals surface area contributed by atoms with Gasteiger partial charge in [0.05, 0.1) is 11.8 Å². The number of imidazole rings is 1. The van der Waals surface area contributed by atoms with Gasteiger partial charge in [0.2, 0.25) is 0 Å². The van der Waals surface area contributed by atoms with E-state index in [1.807, 2.05) is 11.6 Å². The summed E-state index contributed by atoms with van der Waals surface area (Å²) in [4.78, 5) is 3.99. The molecule has 0 unspecified atom stereocenters. The van der Waals surface area contributed by atoms with E-state index in [0.717, 1.165) is 5.52 Å². The van der Waals surface area contributed by atoms with Crippen molar-refractivity contribution < 1.29 is 0 Å². The van der Waals surface area contributed by atoms with Crippen molar-refractivity contribution in [1.82, 2.24) is 19.7 Å². The summed E-state index contributed by atoms with van der Waals surface area (Å²) in [6, 6.07) is 1.73. The highest BCUT2D eigenvalue weighted by Crippen LogP contribution is 2.11. The van der Waals surface area contributed by atoms with E-state index in [4.69, 9.17) is 11.6 Å². The van der Waals surface area contributed by atoms with Crippen molar-refractivity contribution in [1.29, 1.82) is 0 Å². The van der Waals surface area contributed by atoms with Gasteiger partial charge in [0, 0.05) is 13.1 Å². The SMILES string of the molecule is Cn1cnc2nnc(Cl)cc21. The minimum absolute atomic E-state index is 0.390. The normalized spacial score (nSPS) is 10.7. The first kappa shape index (κ1) is 6.54. The van der Waals surface area contributed by atoms with Crippen LogP contribution in [0.3, 0.4) is 0 Å². The summed E-state index contributed by atoms with van der Waals surface area (Å²) >= 11 is 5.63. The summed E-state index contributed by atoms with van der Waals surface area (Å²) < 4.78 is 1.84. The quantitative estimate of drug-likeness (QED) is 0.590. The second-order valence-corrected chi connectivity index (χ2v) is 2.62. The van der Waals surface area contributed by atoms with Crippen molar-refractivity contribution in [2.24, 2.45) is 7.05 Å². The van der Waals surface area contributed by atoms with Crippen LogP contribution < -0.4 is 0 Å². The van der Waals surface area contributed by atoms with Gasteiger partial charge in [-0.25, -0.2) is 4.98 Å². The molecule has 0 N–H and O–H groups in total. The van der Waals surface area contributed by atoms with Gasteiger partial charge in [0.25, 0.3) is 0 Å². The highest BCUT2D eigenvalue weighted by atomic mass is 35.5. The minimum atomic E-state index is 0.390. The molecule has 5 heteroatoms. The molecule has 0 aliphatic rings. The maximum absolute atomic E-state index is 5.63. The predicted molar refractivity (Wildman–Crippen MR) is 41.3 cm³/mol. The lowest BCUT2D eigenvalue weighted by Gasteiger charge is -1.91. The number of rotatable bonds is 0. The van der Waals surface area contributed by atoms with Gasteiger partial charge in [0.1, 0.15) is 0 Å². The number of hydrogen-bond acceptors (Lipinski definition) is 3. The first-order valence-corrected chi connectivity index (χ1v) is 3.45. The number of halogens is 1. The molecule has 0 fully saturated rings. The van der Waals surface area contributed by atoms with Crippen molar-refractivity contribution in [3.63, 3.8) is 0 Å². The van der Waals surface area contributed by atoms with Gasteiger partial charge in [-0.05, 0) is 0 Å². The molecule has 11 heavy (non-hydrogen) atoms. The Balaban J connectivity index is 2.87. The molecule has 0 aliphatic carbocycles. The lowest BCUT2D eigenvalue weighted by Crippen LogP contribution is -1.87. The third-order valence-corrected chi connectivity index (χ3v) is 1.64. The fraction of sp³-hybridized carbons (Fsp3) is 0.167. The Morgan fingerprint density at radius 1 is 1.45 bits per heavy atom. The van der Waals surface area contributed by atoms with Crippen molar-refractivity contribution >= 4 is 22.8 Å². The van der Waals surface area contributed by atoms with Gasteiger partial charge in [-0.3, -0.25) is 0 Å². The van der Waals surface area contributed by atoms with Crippen LogP contribution in [0, 0.1) is 0 Å². The van der Waals surface area contributed by atoms with Gasteiger partial charge in [-0.1, -0.05) is 11.6 Å². The molecule has 0 bridgehead atoms. The van der Waals surface area contributed by atoms with Crippen molar-refractivity contribution in [3.8, 4) is 0 Å². The van der Waals surface area contributed by atoms with E-state index in [2.05, 4.69) is 15.2 Å². The molecular formula is C6H5ClN4. The summed E-state index contributed by atoms with van der Waals surface area (Å²) in [5, 5.41) is 7.84. The van der Waals surface area contributed by atoms with Gasteiger partial charge in [-0.2, -0.15) is 0 Å². The van der Waals surface area contributed by atoms with Crippen LogP contribution in [0.25, 0.3) is 11.2 Å². The Morgan fingerprint density at radius 3 is 3.09 bits per heavy atom. The van der Waals surface area contributed by atoms with Crippen LogP contribution in [0.1, 0.15) is 0 Å². The second kappa shape index (κ2) is 2.17. The number of fused-ring (bicyclic) bond motifs is 1. The molecule has 0 saturated carbocycles. The number of nitrogens with zero attached hydrogens (tertiary/aromatic N) is 4. The summed E-state index contributed by atoms with van der Waals surface area (Å²) in [5.41, 5.74) is 1.52. The molecule has 0 aliphatic heterocycles. The summed E-state index contributed by atoms with van der Waals surface area (Å²) in [5.74, 6) is 0. The molecule has 56 valence electrons. The Bertz CT molecular complexity index is 394. The van der Waals surface area contributed by atoms with Crippen LogP contribution in [-0.4, -0.2) is 19.7 Å². The van der Waals surface area contributed by atoms with Gasteiger partial charge >= 0.3 is 0 Å². The lowest BCUT2D eigenvalue weighted by atomic mass is 10.5. The minimum Gasteiger partial charge on any atom is -0.332 e. The number of hydrogen-bond donors (Lipinski definition) is 0. The van der Waals surface area contributed by atoms with Crippen LogP contribution in [0.2, 0.25) is 5.15 Å². The summed E-state index contributed by atoms with van der Waals surface area (Å²) in [7, 11) is 1.88. The maximum Gasteiger partial charge on any atom is 0.199 e. The fourth-order valence-electron chi connectivity index (χ4n) is 0.908. The molecule has 2 aromatic rings. The first-order chi connectivity index (χ1) is 5.27. The zero-order valence-electron chi connectivity index (χ0n) is 5.82. The lowest BCUT2D eigenvalue weighted by molar-refractivity contribution is 0.947. The van der Waals surface area contributed by atoms with E-state index >= 15 is 0 Å². The van der Waals surface area contributed by atoms with E-state index in [-0.39, 0.29) is 0 Å². The molecule has 0 radical (unpaired) electrons. The van der Waals surface area contributed by atoms with Crippen LogP contribution in [0.5, 0.6) is 0 Å². The zero-order valence-corrected chi connectivity index (χ0v) is 6.58. The monoisotopic (exact) mass is 168 g/mol. The fourth-order valence-corrected chi connectivity index (χ4v) is 1.05. The zero-order chi connectivity index (χ0) is 7.84. The molecule has 2 rings (SSSR count). The average molecular weight is 169 g/mol. The highest BCUT2D eigenvalue weighted by molar-refractivity contribution is 6.29. The first-order valence-electron chi connectivity index (χ1n) is 3.07. The molecular weight excluding hydrogens is 164 g/mol. The Morgan fingerprint density at radius 2 is 2.27 bits per heavy atom. The number of aromatic nitrogens is 4. The predicted octanol–water partition coefficient (Wildman–Crippen LogP) is 1.02. The number of aryl methyl sites for hydroxylation is 1. The van der Waals surface area contributed by atoms with E-state index in [9.17, 15) is 0 Å². The molecule has 2 aromatic heterocycles. The van der Waals surface area contributed by atoms with E-state index < -0.39 is 0 Å². The van der Waals surface area contributed by atoms with E-state index in [1.54, 1.807) is 12.4 Å². The molecule has 0 saturated heterocycles. The standard InChI is InChI=1S/C6H5ClN4/c1-11-3-8-6-4(11)2-5(7)9-10-6/h2-3H,1H3. The molecule has 4 nitrogen and oxygen atoms in total. The Hall–Kier alpha value is -1.16. The van der Waals surface area contributed by atoms with Crippen molar-refractivity contribution in [2.75, 3.05) is 0 Å². The Kier molecular flexibility index (Phi) is 1.29. The molecule has 2 heterocycles. The third kappa shape index (κ3) is 0.952. The van der Waals surface area contributed by atoms with Gasteiger partial charge in [0.15, 0.2) is 10.8 Å². The maximum atomic E-state index is 5.63. The van der Waals surface area contributed by atoms with Crippen LogP contribution in [0.15, 0.2) is 12.4 Å². The van der Waals surface area contributed by atoms with E-state index in [1.165, 1.54) is 0 Å². The third-order valence-electron chi connectivity index (χ3n) is 1.46. The van der Waals surface area contributed by atoms with Crippen LogP contribution in [0.4, 0.5) is 0 Å². The average Bonchev–Trinajstić information content (AvgIpc) is 2.33. The summed E-state index contributed by atoms with van der Waals surface area (Å²) in [6.07, 6.45) is 1.68. The van der Waals surface area contributed by atoms with Gasteiger partial charge < -0.3 is 4.57 Å². The molecule has 0 atom stereocenters.